The summed E-state index contributed by atoms with van der Waals surface area (Å²) in [6, 6.07) is 2.07. The van der Waals surface area contributed by atoms with Crippen molar-refractivity contribution in [1.29, 1.82) is 0 Å². The minimum Gasteiger partial charge on any atom is -0.311 e. The molecule has 0 aliphatic carbocycles. The van der Waals surface area contributed by atoms with E-state index < -0.39 is 0 Å². The first-order chi connectivity index (χ1) is 8.45. The molecule has 0 radical (unpaired) electrons. The molecule has 3 heteroatoms. The molecule has 1 N–H and O–H groups in total. The van der Waals surface area contributed by atoms with E-state index in [0.717, 1.165) is 12.5 Å². The van der Waals surface area contributed by atoms with Crippen LogP contribution in [-0.2, 0) is 0 Å². The highest BCUT2D eigenvalue weighted by Crippen LogP contribution is 2.20. The van der Waals surface area contributed by atoms with Gasteiger partial charge in [0.2, 0.25) is 0 Å². The maximum atomic E-state index is 3.70. The van der Waals surface area contributed by atoms with Gasteiger partial charge in [-0.2, -0.15) is 0 Å². The average molecular weight is 255 g/mol. The lowest BCUT2D eigenvalue weighted by Gasteiger charge is -2.45. The number of piperazine rings is 1. The molecule has 1 fully saturated rings. The summed E-state index contributed by atoms with van der Waals surface area (Å²) >= 11 is 0. The number of hydrogen-bond donors (Lipinski definition) is 1. The van der Waals surface area contributed by atoms with Crippen LogP contribution >= 0.6 is 0 Å². The van der Waals surface area contributed by atoms with E-state index in [0.29, 0.717) is 18.1 Å². The Morgan fingerprint density at radius 3 is 2.44 bits per heavy atom. The second-order valence-corrected chi connectivity index (χ2v) is 6.46. The van der Waals surface area contributed by atoms with Crippen molar-refractivity contribution in [2.45, 2.75) is 58.7 Å². The van der Waals surface area contributed by atoms with Crippen LogP contribution < -0.4 is 5.32 Å². The van der Waals surface area contributed by atoms with E-state index in [-0.39, 0.29) is 0 Å². The van der Waals surface area contributed by atoms with Crippen molar-refractivity contribution in [3.05, 3.63) is 0 Å². The Morgan fingerprint density at radius 1 is 1.28 bits per heavy atom. The van der Waals surface area contributed by atoms with Crippen LogP contribution in [0, 0.1) is 5.92 Å². The summed E-state index contributed by atoms with van der Waals surface area (Å²) in [4.78, 5) is 5.04. The SMILES string of the molecule is CCC1CN(C(C)CCN(C)C)C(C(C)C)CN1. The predicted octanol–water partition coefficient (Wildman–Crippen LogP) is 2.03. The van der Waals surface area contributed by atoms with Crippen molar-refractivity contribution in [3.8, 4) is 0 Å². The first-order valence-electron chi connectivity index (χ1n) is 7.59. The van der Waals surface area contributed by atoms with Gasteiger partial charge in [-0.3, -0.25) is 4.90 Å². The van der Waals surface area contributed by atoms with E-state index in [2.05, 4.69) is 56.9 Å². The predicted molar refractivity (Wildman–Crippen MR) is 80.0 cm³/mol. The third kappa shape index (κ3) is 4.52. The summed E-state index contributed by atoms with van der Waals surface area (Å²) in [5, 5.41) is 3.70. The molecule has 0 aromatic rings. The maximum absolute atomic E-state index is 3.70. The largest absolute Gasteiger partial charge is 0.311 e. The Balaban J connectivity index is 2.59. The van der Waals surface area contributed by atoms with Crippen molar-refractivity contribution in [2.75, 3.05) is 33.7 Å². The van der Waals surface area contributed by atoms with Gasteiger partial charge in [-0.05, 0) is 46.3 Å². The highest BCUT2D eigenvalue weighted by Gasteiger charge is 2.31. The van der Waals surface area contributed by atoms with Crippen LogP contribution in [0.15, 0.2) is 0 Å². The average Bonchev–Trinajstić information content (AvgIpc) is 2.34. The van der Waals surface area contributed by atoms with Gasteiger partial charge in [-0.1, -0.05) is 20.8 Å². The summed E-state index contributed by atoms with van der Waals surface area (Å²) in [6.45, 7) is 12.9. The monoisotopic (exact) mass is 255 g/mol. The lowest BCUT2D eigenvalue weighted by atomic mass is 9.95. The zero-order valence-corrected chi connectivity index (χ0v) is 13.2. The van der Waals surface area contributed by atoms with Gasteiger partial charge in [0, 0.05) is 31.2 Å². The Morgan fingerprint density at radius 2 is 1.94 bits per heavy atom. The highest BCUT2D eigenvalue weighted by atomic mass is 15.3. The van der Waals surface area contributed by atoms with E-state index in [4.69, 9.17) is 0 Å². The van der Waals surface area contributed by atoms with Crippen LogP contribution in [0.25, 0.3) is 0 Å². The third-order valence-corrected chi connectivity index (χ3v) is 4.30. The van der Waals surface area contributed by atoms with Crippen LogP contribution in [0.4, 0.5) is 0 Å². The molecule has 18 heavy (non-hydrogen) atoms. The molecule has 0 aromatic heterocycles. The summed E-state index contributed by atoms with van der Waals surface area (Å²) in [6.07, 6.45) is 2.51. The van der Waals surface area contributed by atoms with Gasteiger partial charge in [0.25, 0.3) is 0 Å². The molecule has 3 atom stereocenters. The van der Waals surface area contributed by atoms with Crippen LogP contribution in [0.1, 0.15) is 40.5 Å². The molecular weight excluding hydrogens is 222 g/mol. The van der Waals surface area contributed by atoms with E-state index in [1.807, 2.05) is 0 Å². The molecule has 1 heterocycles. The lowest BCUT2D eigenvalue weighted by molar-refractivity contribution is 0.0552. The van der Waals surface area contributed by atoms with Gasteiger partial charge >= 0.3 is 0 Å². The fraction of sp³-hybridized carbons (Fsp3) is 1.00. The van der Waals surface area contributed by atoms with Crippen molar-refractivity contribution < 1.29 is 0 Å². The van der Waals surface area contributed by atoms with E-state index >= 15 is 0 Å². The van der Waals surface area contributed by atoms with E-state index in [1.165, 1.54) is 25.9 Å². The molecule has 1 rings (SSSR count). The third-order valence-electron chi connectivity index (χ3n) is 4.30. The minimum atomic E-state index is 0.682. The van der Waals surface area contributed by atoms with Crippen molar-refractivity contribution in [3.63, 3.8) is 0 Å². The van der Waals surface area contributed by atoms with Crippen molar-refractivity contribution in [1.82, 2.24) is 15.1 Å². The molecule has 0 aromatic carbocycles. The summed E-state index contributed by atoms with van der Waals surface area (Å²) in [5.74, 6) is 0.733. The molecule has 108 valence electrons. The van der Waals surface area contributed by atoms with Gasteiger partial charge in [0.15, 0.2) is 0 Å². The molecule has 3 nitrogen and oxygen atoms in total. The van der Waals surface area contributed by atoms with Gasteiger partial charge in [0.1, 0.15) is 0 Å². The molecule has 0 spiro atoms. The quantitative estimate of drug-likeness (QED) is 0.783. The molecule has 0 saturated carbocycles. The van der Waals surface area contributed by atoms with Crippen LogP contribution in [0.3, 0.4) is 0 Å². The standard InChI is InChI=1S/C15H33N3/c1-7-14-11-18(13(4)8-9-17(5)6)15(10-16-14)12(2)3/h12-16H,7-11H2,1-6H3. The highest BCUT2D eigenvalue weighted by molar-refractivity contribution is 4.89. The number of hydrogen-bond acceptors (Lipinski definition) is 3. The van der Waals surface area contributed by atoms with E-state index in [9.17, 15) is 0 Å². The van der Waals surface area contributed by atoms with Gasteiger partial charge in [-0.25, -0.2) is 0 Å². The van der Waals surface area contributed by atoms with Crippen LogP contribution in [0.2, 0.25) is 0 Å². The molecule has 1 saturated heterocycles. The number of nitrogens with zero attached hydrogens (tertiary/aromatic N) is 2. The first-order valence-corrected chi connectivity index (χ1v) is 7.59. The molecule has 3 unspecified atom stereocenters. The lowest BCUT2D eigenvalue weighted by Crippen LogP contribution is -2.60. The Bertz CT molecular complexity index is 228. The second-order valence-electron chi connectivity index (χ2n) is 6.46. The molecule has 1 aliphatic heterocycles. The molecule has 0 bridgehead atoms. The van der Waals surface area contributed by atoms with Gasteiger partial charge < -0.3 is 10.2 Å². The Labute approximate surface area is 114 Å². The normalized spacial score (nSPS) is 28.0. The fourth-order valence-corrected chi connectivity index (χ4v) is 2.87. The zero-order valence-electron chi connectivity index (χ0n) is 13.2. The fourth-order valence-electron chi connectivity index (χ4n) is 2.87. The van der Waals surface area contributed by atoms with Crippen LogP contribution in [0.5, 0.6) is 0 Å². The summed E-state index contributed by atoms with van der Waals surface area (Å²) in [5.41, 5.74) is 0. The Kier molecular flexibility index (Phi) is 6.61. The second kappa shape index (κ2) is 7.46. The van der Waals surface area contributed by atoms with Crippen molar-refractivity contribution >= 4 is 0 Å². The van der Waals surface area contributed by atoms with E-state index in [1.54, 1.807) is 0 Å². The number of rotatable bonds is 6. The Hall–Kier alpha value is -0.120. The molecular formula is C15H33N3. The minimum absolute atomic E-state index is 0.682. The van der Waals surface area contributed by atoms with Gasteiger partial charge in [0.05, 0.1) is 0 Å². The maximum Gasteiger partial charge on any atom is 0.0247 e. The van der Waals surface area contributed by atoms with Crippen LogP contribution in [-0.4, -0.2) is 61.7 Å². The number of nitrogens with one attached hydrogen (secondary N) is 1. The van der Waals surface area contributed by atoms with Gasteiger partial charge in [-0.15, -0.1) is 0 Å². The molecule has 1 aliphatic rings. The summed E-state index contributed by atoms with van der Waals surface area (Å²) in [7, 11) is 4.33. The first kappa shape index (κ1) is 15.9. The zero-order chi connectivity index (χ0) is 13.7. The smallest absolute Gasteiger partial charge is 0.0247 e. The summed E-state index contributed by atoms with van der Waals surface area (Å²) < 4.78 is 0. The van der Waals surface area contributed by atoms with Crippen molar-refractivity contribution in [2.24, 2.45) is 5.92 Å². The molecule has 0 amide bonds. The topological polar surface area (TPSA) is 18.5 Å².